The predicted molar refractivity (Wildman–Crippen MR) is 86.1 cm³/mol. The highest BCUT2D eigenvalue weighted by Gasteiger charge is 2.04. The molecule has 1 heterocycles. The van der Waals surface area contributed by atoms with Crippen molar-refractivity contribution >= 4 is 32.5 Å². The smallest absolute Gasteiger partial charge is 0.119 e. The van der Waals surface area contributed by atoms with Gasteiger partial charge in [-0.25, -0.2) is 0 Å². The molecule has 1 aromatic heterocycles. The van der Waals surface area contributed by atoms with E-state index in [1.807, 2.05) is 24.3 Å². The predicted octanol–water partition coefficient (Wildman–Crippen LogP) is 4.04. The van der Waals surface area contributed by atoms with E-state index in [0.717, 1.165) is 22.5 Å². The van der Waals surface area contributed by atoms with Gasteiger partial charge >= 0.3 is 0 Å². The highest BCUT2D eigenvalue weighted by Crippen LogP contribution is 2.24. The summed E-state index contributed by atoms with van der Waals surface area (Å²) in [5.74, 6) is 0.878. The fourth-order valence-electron chi connectivity index (χ4n) is 2.33. The molecule has 0 aliphatic heterocycles. The second-order valence-electron chi connectivity index (χ2n) is 4.72. The van der Waals surface area contributed by atoms with Crippen molar-refractivity contribution in [2.45, 2.75) is 6.54 Å². The van der Waals surface area contributed by atoms with Crippen molar-refractivity contribution < 1.29 is 4.74 Å². The number of nitrogens with zero attached hydrogens (tertiary/aromatic N) is 1. The SMILES string of the molecule is COc1ccc2c(ccn2Cc2ccc(Br)c(N)c2)c1. The second kappa shape index (κ2) is 5.21. The van der Waals surface area contributed by atoms with E-state index in [0.29, 0.717) is 0 Å². The molecule has 2 aromatic carbocycles. The fraction of sp³-hybridized carbons (Fsp3) is 0.125. The number of benzene rings is 2. The van der Waals surface area contributed by atoms with Crippen LogP contribution in [-0.4, -0.2) is 11.7 Å². The van der Waals surface area contributed by atoms with Gasteiger partial charge in [0.2, 0.25) is 0 Å². The maximum absolute atomic E-state index is 5.93. The summed E-state index contributed by atoms with van der Waals surface area (Å²) in [6.45, 7) is 0.799. The Morgan fingerprint density at radius 3 is 2.75 bits per heavy atom. The van der Waals surface area contributed by atoms with Crippen LogP contribution in [0.15, 0.2) is 53.1 Å². The van der Waals surface area contributed by atoms with Crippen LogP contribution in [0.3, 0.4) is 0 Å². The zero-order chi connectivity index (χ0) is 14.1. The van der Waals surface area contributed by atoms with Crippen LogP contribution in [0.2, 0.25) is 0 Å². The van der Waals surface area contributed by atoms with E-state index in [-0.39, 0.29) is 0 Å². The molecule has 102 valence electrons. The molecule has 3 nitrogen and oxygen atoms in total. The number of ether oxygens (including phenoxy) is 1. The highest BCUT2D eigenvalue weighted by atomic mass is 79.9. The quantitative estimate of drug-likeness (QED) is 0.736. The van der Waals surface area contributed by atoms with Crippen molar-refractivity contribution in [1.29, 1.82) is 0 Å². The van der Waals surface area contributed by atoms with Gasteiger partial charge < -0.3 is 15.0 Å². The van der Waals surface area contributed by atoms with Gasteiger partial charge in [-0.3, -0.25) is 0 Å². The number of fused-ring (bicyclic) bond motifs is 1. The highest BCUT2D eigenvalue weighted by molar-refractivity contribution is 9.10. The zero-order valence-electron chi connectivity index (χ0n) is 11.1. The first-order chi connectivity index (χ1) is 9.67. The van der Waals surface area contributed by atoms with Crippen molar-refractivity contribution in [1.82, 2.24) is 4.57 Å². The third kappa shape index (κ3) is 2.39. The molecule has 0 bridgehead atoms. The van der Waals surface area contributed by atoms with Gasteiger partial charge in [0, 0.05) is 33.8 Å². The minimum Gasteiger partial charge on any atom is -0.497 e. The first-order valence-electron chi connectivity index (χ1n) is 6.34. The molecule has 0 aliphatic rings. The molecule has 0 amide bonds. The summed E-state index contributed by atoms with van der Waals surface area (Å²) >= 11 is 3.42. The third-order valence-electron chi connectivity index (χ3n) is 3.39. The molecular formula is C16H15BrN2O. The monoisotopic (exact) mass is 330 g/mol. The largest absolute Gasteiger partial charge is 0.497 e. The standard InChI is InChI=1S/C16H15BrN2O/c1-20-13-3-5-16-12(9-13)6-7-19(16)10-11-2-4-14(17)15(18)8-11/h2-9H,10,18H2,1H3. The van der Waals surface area contributed by atoms with Gasteiger partial charge in [-0.2, -0.15) is 0 Å². The molecular weight excluding hydrogens is 316 g/mol. The van der Waals surface area contributed by atoms with Crippen LogP contribution < -0.4 is 10.5 Å². The number of rotatable bonds is 3. The molecule has 20 heavy (non-hydrogen) atoms. The topological polar surface area (TPSA) is 40.2 Å². The summed E-state index contributed by atoms with van der Waals surface area (Å²) in [6, 6.07) is 14.3. The van der Waals surface area contributed by atoms with Crippen LogP contribution in [0.25, 0.3) is 10.9 Å². The van der Waals surface area contributed by atoms with Crippen LogP contribution in [0.5, 0.6) is 5.75 Å². The third-order valence-corrected chi connectivity index (χ3v) is 4.11. The van der Waals surface area contributed by atoms with Crippen LogP contribution in [0, 0.1) is 0 Å². The van der Waals surface area contributed by atoms with Gasteiger partial charge in [-0.15, -0.1) is 0 Å². The number of nitrogen functional groups attached to an aromatic ring is 1. The van der Waals surface area contributed by atoms with Gasteiger partial charge in [0.25, 0.3) is 0 Å². The molecule has 0 aliphatic carbocycles. The van der Waals surface area contributed by atoms with E-state index in [9.17, 15) is 0 Å². The zero-order valence-corrected chi connectivity index (χ0v) is 12.7. The van der Waals surface area contributed by atoms with E-state index in [4.69, 9.17) is 10.5 Å². The number of hydrogen-bond donors (Lipinski definition) is 1. The molecule has 0 spiro atoms. The van der Waals surface area contributed by atoms with Crippen molar-refractivity contribution in [2.24, 2.45) is 0 Å². The Balaban J connectivity index is 1.96. The lowest BCUT2D eigenvalue weighted by Crippen LogP contribution is -1.99. The minimum absolute atomic E-state index is 0.764. The average Bonchev–Trinajstić information content (AvgIpc) is 2.85. The Morgan fingerprint density at radius 2 is 2.00 bits per heavy atom. The van der Waals surface area contributed by atoms with Gasteiger partial charge in [0.1, 0.15) is 5.75 Å². The number of aromatic nitrogens is 1. The van der Waals surface area contributed by atoms with Crippen LogP contribution in [0.4, 0.5) is 5.69 Å². The lowest BCUT2D eigenvalue weighted by molar-refractivity contribution is 0.415. The summed E-state index contributed by atoms with van der Waals surface area (Å²) in [7, 11) is 1.68. The molecule has 4 heteroatoms. The van der Waals surface area contributed by atoms with Crippen LogP contribution >= 0.6 is 15.9 Å². The molecule has 0 radical (unpaired) electrons. The summed E-state index contributed by atoms with van der Waals surface area (Å²) in [5.41, 5.74) is 9.06. The fourth-order valence-corrected chi connectivity index (χ4v) is 2.58. The molecule has 3 rings (SSSR count). The Labute approximate surface area is 126 Å². The van der Waals surface area contributed by atoms with E-state index in [1.54, 1.807) is 7.11 Å². The van der Waals surface area contributed by atoms with Crippen molar-refractivity contribution in [2.75, 3.05) is 12.8 Å². The molecule has 0 fully saturated rings. The normalized spacial score (nSPS) is 10.9. The summed E-state index contributed by atoms with van der Waals surface area (Å²) in [4.78, 5) is 0. The van der Waals surface area contributed by atoms with Gasteiger partial charge in [-0.05, 0) is 57.9 Å². The number of anilines is 1. The Hall–Kier alpha value is -1.94. The maximum Gasteiger partial charge on any atom is 0.119 e. The summed E-state index contributed by atoms with van der Waals surface area (Å²) in [5, 5.41) is 1.18. The maximum atomic E-state index is 5.93. The van der Waals surface area contributed by atoms with E-state index in [1.165, 1.54) is 16.5 Å². The Kier molecular flexibility index (Phi) is 3.40. The molecule has 2 N–H and O–H groups in total. The summed E-state index contributed by atoms with van der Waals surface area (Å²) < 4.78 is 8.39. The average molecular weight is 331 g/mol. The second-order valence-corrected chi connectivity index (χ2v) is 5.58. The van der Waals surface area contributed by atoms with E-state index in [2.05, 4.69) is 44.9 Å². The number of methoxy groups -OCH3 is 1. The number of nitrogens with two attached hydrogens (primary N) is 1. The summed E-state index contributed by atoms with van der Waals surface area (Å²) in [6.07, 6.45) is 2.09. The van der Waals surface area contributed by atoms with Crippen molar-refractivity contribution in [3.63, 3.8) is 0 Å². The first-order valence-corrected chi connectivity index (χ1v) is 7.13. The molecule has 0 saturated carbocycles. The molecule has 3 aromatic rings. The first kappa shape index (κ1) is 13.1. The Bertz CT molecular complexity index is 764. The van der Waals surface area contributed by atoms with E-state index >= 15 is 0 Å². The van der Waals surface area contributed by atoms with Gasteiger partial charge in [0.05, 0.1) is 7.11 Å². The molecule has 0 atom stereocenters. The lowest BCUT2D eigenvalue weighted by Gasteiger charge is -2.08. The molecule has 0 unspecified atom stereocenters. The number of halogens is 1. The van der Waals surface area contributed by atoms with Gasteiger partial charge in [-0.1, -0.05) is 6.07 Å². The van der Waals surface area contributed by atoms with E-state index < -0.39 is 0 Å². The number of hydrogen-bond acceptors (Lipinski definition) is 2. The van der Waals surface area contributed by atoms with Crippen LogP contribution in [0.1, 0.15) is 5.56 Å². The Morgan fingerprint density at radius 1 is 1.15 bits per heavy atom. The van der Waals surface area contributed by atoms with Crippen molar-refractivity contribution in [3.05, 3.63) is 58.7 Å². The van der Waals surface area contributed by atoms with Crippen molar-refractivity contribution in [3.8, 4) is 5.75 Å². The molecule has 0 saturated heterocycles. The minimum atomic E-state index is 0.764. The van der Waals surface area contributed by atoms with Crippen LogP contribution in [-0.2, 0) is 6.54 Å². The van der Waals surface area contributed by atoms with Gasteiger partial charge in [0.15, 0.2) is 0 Å². The lowest BCUT2D eigenvalue weighted by atomic mass is 10.2.